The summed E-state index contributed by atoms with van der Waals surface area (Å²) in [5, 5.41) is 12.8. The molecule has 0 saturated carbocycles. The molecule has 2 heterocycles. The van der Waals surface area contributed by atoms with E-state index < -0.39 is 0 Å². The Hall–Kier alpha value is -2.39. The number of nitrogens with one attached hydrogen (secondary N) is 1. The van der Waals surface area contributed by atoms with Gasteiger partial charge in [0.25, 0.3) is 0 Å². The zero-order valence-electron chi connectivity index (χ0n) is 16.3. The second-order valence-electron chi connectivity index (χ2n) is 6.39. The van der Waals surface area contributed by atoms with Gasteiger partial charge in [-0.2, -0.15) is 0 Å². The van der Waals surface area contributed by atoms with Crippen LogP contribution in [0.4, 0.5) is 5.69 Å². The van der Waals surface area contributed by atoms with E-state index in [0.29, 0.717) is 10.9 Å². The van der Waals surface area contributed by atoms with Crippen molar-refractivity contribution >= 4 is 35.1 Å². The lowest BCUT2D eigenvalue weighted by atomic mass is 10.2. The Morgan fingerprint density at radius 2 is 1.82 bits per heavy atom. The summed E-state index contributed by atoms with van der Waals surface area (Å²) in [5.74, 6) is 1.63. The number of hydrogen-bond acceptors (Lipinski definition) is 7. The molecule has 28 heavy (non-hydrogen) atoms. The molecule has 0 unspecified atom stereocenters. The molecule has 1 N–H and O–H groups in total. The van der Waals surface area contributed by atoms with Crippen molar-refractivity contribution in [2.24, 2.45) is 7.05 Å². The predicted octanol–water partition coefficient (Wildman–Crippen LogP) is 3.55. The van der Waals surface area contributed by atoms with Crippen LogP contribution < -0.4 is 5.32 Å². The average molecular weight is 415 g/mol. The molecule has 0 bridgehead atoms. The fourth-order valence-corrected chi connectivity index (χ4v) is 4.19. The van der Waals surface area contributed by atoms with Crippen molar-refractivity contribution in [1.29, 1.82) is 0 Å². The van der Waals surface area contributed by atoms with Gasteiger partial charge in [0.05, 0.1) is 11.5 Å². The molecule has 0 saturated heterocycles. The van der Waals surface area contributed by atoms with Crippen molar-refractivity contribution in [1.82, 2.24) is 24.7 Å². The summed E-state index contributed by atoms with van der Waals surface area (Å²) >= 11 is 2.89. The van der Waals surface area contributed by atoms with Gasteiger partial charge in [-0.25, -0.2) is 9.97 Å². The van der Waals surface area contributed by atoms with Crippen LogP contribution in [-0.2, 0) is 17.6 Å². The van der Waals surface area contributed by atoms with E-state index in [4.69, 9.17) is 0 Å². The summed E-state index contributed by atoms with van der Waals surface area (Å²) in [6.07, 6.45) is 0. The number of nitrogens with zero attached hydrogens (tertiary/aromatic N) is 5. The number of aromatic nitrogens is 5. The van der Waals surface area contributed by atoms with Gasteiger partial charge in [0.1, 0.15) is 5.82 Å². The van der Waals surface area contributed by atoms with Crippen LogP contribution in [-0.4, -0.2) is 36.4 Å². The van der Waals surface area contributed by atoms with Crippen molar-refractivity contribution < 1.29 is 4.79 Å². The van der Waals surface area contributed by atoms with Crippen molar-refractivity contribution in [3.05, 3.63) is 53.1 Å². The van der Waals surface area contributed by atoms with Crippen LogP contribution in [0.25, 0.3) is 0 Å². The van der Waals surface area contributed by atoms with Gasteiger partial charge >= 0.3 is 0 Å². The van der Waals surface area contributed by atoms with Crippen LogP contribution in [0, 0.1) is 20.8 Å². The number of aryl methyl sites for hydroxylation is 3. The molecule has 0 radical (unpaired) electrons. The Bertz CT molecular complexity index is 968. The maximum absolute atomic E-state index is 12.2. The highest BCUT2D eigenvalue weighted by molar-refractivity contribution is 7.99. The van der Waals surface area contributed by atoms with Crippen molar-refractivity contribution in [3.8, 4) is 0 Å². The summed E-state index contributed by atoms with van der Waals surface area (Å²) in [5.41, 5.74) is 3.80. The number of rotatable bonds is 7. The van der Waals surface area contributed by atoms with E-state index >= 15 is 0 Å². The zero-order valence-corrected chi connectivity index (χ0v) is 17.9. The molecule has 146 valence electrons. The van der Waals surface area contributed by atoms with E-state index in [-0.39, 0.29) is 11.7 Å². The Morgan fingerprint density at radius 3 is 2.54 bits per heavy atom. The maximum Gasteiger partial charge on any atom is 0.234 e. The van der Waals surface area contributed by atoms with Gasteiger partial charge in [0, 0.05) is 24.1 Å². The molecule has 1 amide bonds. The standard InChI is InChI=1S/C19H22N6OS2/c1-12-6-5-7-15(8-12)22-17(26)11-28-19-24-23-16(25(19)4)10-27-18-20-13(2)9-14(3)21-18/h5-9H,10-11H2,1-4H3,(H,22,26). The molecular weight excluding hydrogens is 392 g/mol. The van der Waals surface area contributed by atoms with Crippen molar-refractivity contribution in [3.63, 3.8) is 0 Å². The summed E-state index contributed by atoms with van der Waals surface area (Å²) < 4.78 is 1.90. The molecule has 0 spiro atoms. The highest BCUT2D eigenvalue weighted by atomic mass is 32.2. The minimum atomic E-state index is -0.0711. The van der Waals surface area contributed by atoms with Gasteiger partial charge in [0.15, 0.2) is 10.3 Å². The summed E-state index contributed by atoms with van der Waals surface area (Å²) in [4.78, 5) is 21.0. The molecule has 0 aliphatic carbocycles. The maximum atomic E-state index is 12.2. The second-order valence-corrected chi connectivity index (χ2v) is 8.27. The van der Waals surface area contributed by atoms with E-state index in [1.54, 1.807) is 0 Å². The van der Waals surface area contributed by atoms with Crippen LogP contribution in [0.2, 0.25) is 0 Å². The quantitative estimate of drug-likeness (QED) is 0.467. The molecule has 0 fully saturated rings. The van der Waals surface area contributed by atoms with Gasteiger partial charge < -0.3 is 9.88 Å². The Morgan fingerprint density at radius 1 is 1.07 bits per heavy atom. The predicted molar refractivity (Wildman–Crippen MR) is 113 cm³/mol. The number of hydrogen-bond donors (Lipinski definition) is 1. The highest BCUT2D eigenvalue weighted by Gasteiger charge is 2.13. The first kappa shape index (κ1) is 20.3. The van der Waals surface area contributed by atoms with Gasteiger partial charge in [-0.3, -0.25) is 4.79 Å². The lowest BCUT2D eigenvalue weighted by Crippen LogP contribution is -2.14. The smallest absolute Gasteiger partial charge is 0.234 e. The third kappa shape index (κ3) is 5.56. The van der Waals surface area contributed by atoms with Crippen LogP contribution in [0.1, 0.15) is 22.8 Å². The SMILES string of the molecule is Cc1cccc(NC(=O)CSc2nnc(CSc3nc(C)cc(C)n3)n2C)c1. The number of thioether (sulfide) groups is 2. The molecule has 3 rings (SSSR count). The Labute approximate surface area is 172 Å². The second kappa shape index (κ2) is 9.20. The third-order valence-electron chi connectivity index (χ3n) is 3.85. The van der Waals surface area contributed by atoms with Crippen LogP contribution in [0.15, 0.2) is 40.6 Å². The highest BCUT2D eigenvalue weighted by Crippen LogP contribution is 2.22. The van der Waals surface area contributed by atoms with Crippen molar-refractivity contribution in [2.45, 2.75) is 36.8 Å². The fraction of sp³-hybridized carbons (Fsp3) is 0.316. The molecule has 0 aliphatic heterocycles. The average Bonchev–Trinajstić information content (AvgIpc) is 2.97. The van der Waals surface area contributed by atoms with E-state index in [9.17, 15) is 4.79 Å². The van der Waals surface area contributed by atoms with Crippen LogP contribution in [0.5, 0.6) is 0 Å². The molecule has 0 aliphatic rings. The lowest BCUT2D eigenvalue weighted by molar-refractivity contribution is -0.113. The molecule has 9 heteroatoms. The van der Waals surface area contributed by atoms with E-state index in [1.165, 1.54) is 23.5 Å². The number of anilines is 1. The van der Waals surface area contributed by atoms with Gasteiger partial charge in [0.2, 0.25) is 5.91 Å². The lowest BCUT2D eigenvalue weighted by Gasteiger charge is -2.06. The molecule has 1 aromatic carbocycles. The van der Waals surface area contributed by atoms with E-state index in [1.807, 2.05) is 62.7 Å². The first-order chi connectivity index (χ1) is 13.4. The Kier molecular flexibility index (Phi) is 6.69. The summed E-state index contributed by atoms with van der Waals surface area (Å²) in [7, 11) is 1.90. The van der Waals surface area contributed by atoms with E-state index in [0.717, 1.165) is 33.6 Å². The minimum absolute atomic E-state index is 0.0711. The number of carbonyl (C=O) groups is 1. The number of amides is 1. The normalized spacial score (nSPS) is 10.9. The Balaban J connectivity index is 1.54. The molecule has 7 nitrogen and oxygen atoms in total. The number of benzene rings is 1. The van der Waals surface area contributed by atoms with Gasteiger partial charge in [-0.05, 0) is 44.5 Å². The van der Waals surface area contributed by atoms with Crippen LogP contribution in [0.3, 0.4) is 0 Å². The first-order valence-electron chi connectivity index (χ1n) is 8.73. The van der Waals surface area contributed by atoms with Crippen molar-refractivity contribution in [2.75, 3.05) is 11.1 Å². The zero-order chi connectivity index (χ0) is 20.1. The van der Waals surface area contributed by atoms with E-state index in [2.05, 4.69) is 25.5 Å². The molecule has 3 aromatic rings. The topological polar surface area (TPSA) is 85.6 Å². The van der Waals surface area contributed by atoms with Crippen LogP contribution >= 0.6 is 23.5 Å². The molecule has 2 aromatic heterocycles. The first-order valence-corrected chi connectivity index (χ1v) is 10.7. The van der Waals surface area contributed by atoms with Gasteiger partial charge in [-0.1, -0.05) is 35.7 Å². The fourth-order valence-electron chi connectivity index (χ4n) is 2.53. The number of carbonyl (C=O) groups excluding carboxylic acids is 1. The van der Waals surface area contributed by atoms with Gasteiger partial charge in [-0.15, -0.1) is 10.2 Å². The minimum Gasteiger partial charge on any atom is -0.325 e. The molecule has 0 atom stereocenters. The summed E-state index contributed by atoms with van der Waals surface area (Å²) in [6, 6.07) is 9.68. The summed E-state index contributed by atoms with van der Waals surface area (Å²) in [6.45, 7) is 5.90. The monoisotopic (exact) mass is 414 g/mol. The largest absolute Gasteiger partial charge is 0.325 e. The third-order valence-corrected chi connectivity index (χ3v) is 5.71. The molecular formula is C19H22N6OS2.